The standard InChI is InChI=1S/C16H23NO2/c1-6-11-7-12-9-13(15(17-4)10(2)3)19-16(12)14(8-11)18-5/h7-10,15,17H,6H2,1-5H3. The van der Waals surface area contributed by atoms with Gasteiger partial charge in [-0.15, -0.1) is 0 Å². The fourth-order valence-electron chi connectivity index (χ4n) is 2.51. The maximum atomic E-state index is 6.02. The lowest BCUT2D eigenvalue weighted by atomic mass is 10.0. The van der Waals surface area contributed by atoms with Crippen LogP contribution in [0, 0.1) is 5.92 Å². The molecule has 1 heterocycles. The first kappa shape index (κ1) is 13.9. The summed E-state index contributed by atoms with van der Waals surface area (Å²) in [6.45, 7) is 6.51. The Kier molecular flexibility index (Phi) is 4.15. The van der Waals surface area contributed by atoms with Gasteiger partial charge in [-0.2, -0.15) is 0 Å². The van der Waals surface area contributed by atoms with E-state index in [1.807, 2.05) is 7.05 Å². The third-order valence-corrected chi connectivity index (χ3v) is 3.57. The average molecular weight is 261 g/mol. The van der Waals surface area contributed by atoms with Gasteiger partial charge in [-0.05, 0) is 43.1 Å². The van der Waals surface area contributed by atoms with Gasteiger partial charge in [-0.1, -0.05) is 20.8 Å². The zero-order valence-corrected chi connectivity index (χ0v) is 12.4. The number of fused-ring (bicyclic) bond motifs is 1. The third-order valence-electron chi connectivity index (χ3n) is 3.57. The molecular formula is C16H23NO2. The van der Waals surface area contributed by atoms with Crippen molar-refractivity contribution < 1.29 is 9.15 Å². The lowest BCUT2D eigenvalue weighted by Gasteiger charge is -2.17. The van der Waals surface area contributed by atoms with E-state index in [2.05, 4.69) is 44.3 Å². The first-order valence-corrected chi connectivity index (χ1v) is 6.88. The molecule has 1 atom stereocenters. The summed E-state index contributed by atoms with van der Waals surface area (Å²) >= 11 is 0. The van der Waals surface area contributed by atoms with Crippen molar-refractivity contribution >= 4 is 11.0 Å². The minimum Gasteiger partial charge on any atom is -0.493 e. The van der Waals surface area contributed by atoms with E-state index in [1.54, 1.807) is 7.11 Å². The Bertz CT molecular complexity index is 557. The first-order valence-electron chi connectivity index (χ1n) is 6.88. The van der Waals surface area contributed by atoms with Crippen LogP contribution in [0.15, 0.2) is 22.6 Å². The highest BCUT2D eigenvalue weighted by Crippen LogP contribution is 2.34. The maximum Gasteiger partial charge on any atom is 0.176 e. The van der Waals surface area contributed by atoms with Crippen molar-refractivity contribution in [3.8, 4) is 5.75 Å². The van der Waals surface area contributed by atoms with E-state index in [4.69, 9.17) is 9.15 Å². The average Bonchev–Trinajstić information content (AvgIpc) is 2.81. The molecule has 2 rings (SSSR count). The molecular weight excluding hydrogens is 238 g/mol. The normalized spacial score (nSPS) is 13.2. The van der Waals surface area contributed by atoms with Gasteiger partial charge in [0.25, 0.3) is 0 Å². The van der Waals surface area contributed by atoms with E-state index in [0.717, 1.165) is 28.9 Å². The fraction of sp³-hybridized carbons (Fsp3) is 0.500. The first-order chi connectivity index (χ1) is 9.10. The highest BCUT2D eigenvalue weighted by atomic mass is 16.5. The zero-order chi connectivity index (χ0) is 14.0. The number of furan rings is 1. The molecule has 1 aromatic heterocycles. The summed E-state index contributed by atoms with van der Waals surface area (Å²) in [5.41, 5.74) is 2.11. The van der Waals surface area contributed by atoms with Crippen LogP contribution in [0.3, 0.4) is 0 Å². The number of nitrogens with one attached hydrogen (secondary N) is 1. The maximum absolute atomic E-state index is 6.02. The molecule has 0 fully saturated rings. The molecule has 0 radical (unpaired) electrons. The second-order valence-corrected chi connectivity index (χ2v) is 5.23. The zero-order valence-electron chi connectivity index (χ0n) is 12.4. The molecule has 3 nitrogen and oxygen atoms in total. The van der Waals surface area contributed by atoms with Gasteiger partial charge in [0.15, 0.2) is 11.3 Å². The number of benzene rings is 1. The Morgan fingerprint density at radius 1 is 1.26 bits per heavy atom. The highest BCUT2D eigenvalue weighted by molar-refractivity contribution is 5.84. The number of aryl methyl sites for hydroxylation is 1. The molecule has 1 N–H and O–H groups in total. The van der Waals surface area contributed by atoms with E-state index in [1.165, 1.54) is 5.56 Å². The van der Waals surface area contributed by atoms with Crippen molar-refractivity contribution in [2.45, 2.75) is 33.2 Å². The lowest BCUT2D eigenvalue weighted by Crippen LogP contribution is -2.20. The van der Waals surface area contributed by atoms with Crippen LogP contribution >= 0.6 is 0 Å². The van der Waals surface area contributed by atoms with Crippen LogP contribution in [-0.2, 0) is 6.42 Å². The summed E-state index contributed by atoms with van der Waals surface area (Å²) in [5.74, 6) is 2.26. The fourth-order valence-corrected chi connectivity index (χ4v) is 2.51. The van der Waals surface area contributed by atoms with Crippen molar-refractivity contribution in [1.82, 2.24) is 5.32 Å². The predicted molar refractivity (Wildman–Crippen MR) is 78.8 cm³/mol. The van der Waals surface area contributed by atoms with Crippen molar-refractivity contribution in [1.29, 1.82) is 0 Å². The summed E-state index contributed by atoms with van der Waals surface area (Å²) in [6.07, 6.45) is 0.993. The summed E-state index contributed by atoms with van der Waals surface area (Å²) in [6, 6.07) is 6.58. The van der Waals surface area contributed by atoms with Crippen molar-refractivity contribution in [3.05, 3.63) is 29.5 Å². The van der Waals surface area contributed by atoms with Crippen LogP contribution in [0.2, 0.25) is 0 Å². The van der Waals surface area contributed by atoms with Gasteiger partial charge in [-0.3, -0.25) is 0 Å². The van der Waals surface area contributed by atoms with Crippen LogP contribution < -0.4 is 10.1 Å². The van der Waals surface area contributed by atoms with Crippen molar-refractivity contribution in [3.63, 3.8) is 0 Å². The minimum absolute atomic E-state index is 0.224. The van der Waals surface area contributed by atoms with E-state index >= 15 is 0 Å². The lowest BCUT2D eigenvalue weighted by molar-refractivity contribution is 0.362. The van der Waals surface area contributed by atoms with E-state index < -0.39 is 0 Å². The van der Waals surface area contributed by atoms with Gasteiger partial charge in [-0.25, -0.2) is 0 Å². The largest absolute Gasteiger partial charge is 0.493 e. The molecule has 3 heteroatoms. The molecule has 0 aliphatic heterocycles. The molecule has 0 aliphatic carbocycles. The highest BCUT2D eigenvalue weighted by Gasteiger charge is 2.19. The Morgan fingerprint density at radius 2 is 2.00 bits per heavy atom. The van der Waals surface area contributed by atoms with Gasteiger partial charge >= 0.3 is 0 Å². The molecule has 2 aromatic rings. The smallest absolute Gasteiger partial charge is 0.176 e. The Morgan fingerprint density at radius 3 is 2.53 bits per heavy atom. The molecule has 1 aromatic carbocycles. The number of ether oxygens (including phenoxy) is 1. The number of rotatable bonds is 5. The monoisotopic (exact) mass is 261 g/mol. The van der Waals surface area contributed by atoms with Gasteiger partial charge < -0.3 is 14.5 Å². The SMILES string of the molecule is CCc1cc(OC)c2oc(C(NC)C(C)C)cc2c1. The topological polar surface area (TPSA) is 34.4 Å². The minimum atomic E-state index is 0.224. The van der Waals surface area contributed by atoms with Gasteiger partial charge in [0.05, 0.1) is 13.2 Å². The number of methoxy groups -OCH3 is 1. The number of hydrogen-bond acceptors (Lipinski definition) is 3. The summed E-state index contributed by atoms with van der Waals surface area (Å²) < 4.78 is 11.5. The quantitative estimate of drug-likeness (QED) is 0.885. The molecule has 0 aliphatic rings. The van der Waals surface area contributed by atoms with Crippen LogP contribution in [0.25, 0.3) is 11.0 Å². The van der Waals surface area contributed by atoms with E-state index in [9.17, 15) is 0 Å². The Labute approximate surface area is 114 Å². The molecule has 1 unspecified atom stereocenters. The predicted octanol–water partition coefficient (Wildman–Crippen LogP) is 3.92. The summed E-state index contributed by atoms with van der Waals surface area (Å²) in [7, 11) is 3.65. The number of hydrogen-bond donors (Lipinski definition) is 1. The second kappa shape index (κ2) is 5.66. The van der Waals surface area contributed by atoms with Gasteiger partial charge in [0, 0.05) is 5.39 Å². The van der Waals surface area contributed by atoms with E-state index in [0.29, 0.717) is 5.92 Å². The third kappa shape index (κ3) is 2.61. The molecule has 0 spiro atoms. The van der Waals surface area contributed by atoms with Crippen LogP contribution in [-0.4, -0.2) is 14.2 Å². The van der Waals surface area contributed by atoms with E-state index in [-0.39, 0.29) is 6.04 Å². The molecule has 0 saturated heterocycles. The van der Waals surface area contributed by atoms with Crippen molar-refractivity contribution in [2.24, 2.45) is 5.92 Å². The summed E-state index contributed by atoms with van der Waals surface area (Å²) in [4.78, 5) is 0. The molecule has 0 amide bonds. The molecule has 104 valence electrons. The van der Waals surface area contributed by atoms with Gasteiger partial charge in [0.2, 0.25) is 0 Å². The van der Waals surface area contributed by atoms with Crippen molar-refractivity contribution in [2.75, 3.05) is 14.2 Å². The molecule has 0 bridgehead atoms. The van der Waals surface area contributed by atoms with Crippen LogP contribution in [0.1, 0.15) is 38.1 Å². The Hall–Kier alpha value is -1.48. The molecule has 19 heavy (non-hydrogen) atoms. The summed E-state index contributed by atoms with van der Waals surface area (Å²) in [5, 5.41) is 4.43. The van der Waals surface area contributed by atoms with Gasteiger partial charge in [0.1, 0.15) is 5.76 Å². The molecule has 0 saturated carbocycles. The Balaban J connectivity index is 2.55. The van der Waals surface area contributed by atoms with Crippen LogP contribution in [0.5, 0.6) is 5.75 Å². The van der Waals surface area contributed by atoms with Crippen LogP contribution in [0.4, 0.5) is 0 Å². The second-order valence-electron chi connectivity index (χ2n) is 5.23.